The monoisotopic (exact) mass is 288 g/mol. The Kier molecular flexibility index (Phi) is 1.30. The second-order valence-corrected chi connectivity index (χ2v) is 8.41. The van der Waals surface area contributed by atoms with Crippen LogP contribution in [-0.4, -0.2) is 3.42 Å². The van der Waals surface area contributed by atoms with E-state index in [2.05, 4.69) is 29.5 Å². The van der Waals surface area contributed by atoms with Crippen molar-refractivity contribution >= 4 is 22.6 Å². The highest BCUT2D eigenvalue weighted by molar-refractivity contribution is 14.1. The summed E-state index contributed by atoms with van der Waals surface area (Å²) >= 11 is 2.78. The molecule has 4 bridgehead atoms. The third-order valence-corrected chi connectivity index (χ3v) is 7.53. The molecule has 0 amide bonds. The van der Waals surface area contributed by atoms with Gasteiger partial charge in [0.2, 0.25) is 0 Å². The molecule has 6 atom stereocenters. The second-order valence-electron chi connectivity index (χ2n) is 6.09. The lowest BCUT2D eigenvalue weighted by molar-refractivity contribution is 0.176. The minimum absolute atomic E-state index is 0.717. The van der Waals surface area contributed by atoms with Crippen LogP contribution in [0, 0.1) is 35.5 Å². The normalized spacial score (nSPS) is 72.5. The molecule has 0 saturated heterocycles. The minimum atomic E-state index is 0.717. The first-order valence-corrected chi connectivity index (χ1v) is 6.96. The van der Waals surface area contributed by atoms with Gasteiger partial charge < -0.3 is 0 Å². The number of rotatable bonds is 0. The quantitative estimate of drug-likeness (QED) is 0.473. The van der Waals surface area contributed by atoms with Gasteiger partial charge >= 0.3 is 0 Å². The van der Waals surface area contributed by atoms with Crippen LogP contribution in [0.2, 0.25) is 0 Å². The average Bonchev–Trinajstić information content (AvgIpc) is 2.77. The average molecular weight is 288 g/mol. The lowest BCUT2D eigenvalue weighted by atomic mass is 9.69. The molecule has 5 aliphatic rings. The zero-order chi connectivity index (χ0) is 8.79. The van der Waals surface area contributed by atoms with Crippen LogP contribution in [0.5, 0.6) is 0 Å². The van der Waals surface area contributed by atoms with Crippen LogP contribution in [0.3, 0.4) is 0 Å². The molecule has 5 aliphatic carbocycles. The van der Waals surface area contributed by atoms with Gasteiger partial charge in [-0.15, -0.1) is 0 Å². The van der Waals surface area contributed by atoms with E-state index in [1.807, 2.05) is 0 Å². The van der Waals surface area contributed by atoms with Crippen LogP contribution in [-0.2, 0) is 0 Å². The maximum atomic E-state index is 2.78. The standard InChI is InChI=1S/C12H17I/c1-12(13)8-5-9(12)11-7-3-2-6(4-7)10(8)11/h6-11H,2-5H2,1H3. The van der Waals surface area contributed by atoms with Gasteiger partial charge in [0.25, 0.3) is 0 Å². The molecule has 0 spiro atoms. The van der Waals surface area contributed by atoms with Gasteiger partial charge in [-0.05, 0) is 68.1 Å². The van der Waals surface area contributed by atoms with E-state index in [1.165, 1.54) is 23.7 Å². The summed E-state index contributed by atoms with van der Waals surface area (Å²) < 4.78 is 0.717. The Balaban J connectivity index is 1.79. The Labute approximate surface area is 94.0 Å². The van der Waals surface area contributed by atoms with E-state index in [1.54, 1.807) is 25.7 Å². The molecule has 5 saturated carbocycles. The van der Waals surface area contributed by atoms with E-state index in [9.17, 15) is 0 Å². The molecule has 72 valence electrons. The third-order valence-electron chi connectivity index (χ3n) is 5.93. The van der Waals surface area contributed by atoms with Gasteiger partial charge in [0.05, 0.1) is 0 Å². The first kappa shape index (κ1) is 7.95. The molecule has 1 heteroatoms. The summed E-state index contributed by atoms with van der Waals surface area (Å²) in [7, 11) is 0. The summed E-state index contributed by atoms with van der Waals surface area (Å²) in [4.78, 5) is 0. The molecule has 0 aromatic heterocycles. The lowest BCUT2D eigenvalue weighted by Crippen LogP contribution is -2.44. The molecule has 13 heavy (non-hydrogen) atoms. The summed E-state index contributed by atoms with van der Waals surface area (Å²) in [6, 6.07) is 0. The fourth-order valence-corrected chi connectivity index (χ4v) is 6.83. The summed E-state index contributed by atoms with van der Waals surface area (Å²) in [6.07, 6.45) is 6.39. The lowest BCUT2D eigenvalue weighted by Gasteiger charge is -2.45. The number of halogens is 1. The van der Waals surface area contributed by atoms with Gasteiger partial charge in [-0.25, -0.2) is 0 Å². The van der Waals surface area contributed by atoms with Crippen LogP contribution in [0.1, 0.15) is 32.6 Å². The topological polar surface area (TPSA) is 0 Å². The number of hydrogen-bond acceptors (Lipinski definition) is 0. The molecule has 6 unspecified atom stereocenters. The fraction of sp³-hybridized carbons (Fsp3) is 1.00. The van der Waals surface area contributed by atoms with Crippen molar-refractivity contribution in [2.24, 2.45) is 35.5 Å². The number of fused-ring (bicyclic) bond motifs is 2. The maximum absolute atomic E-state index is 2.78. The molecular weight excluding hydrogens is 271 g/mol. The van der Waals surface area contributed by atoms with Gasteiger partial charge in [0, 0.05) is 3.42 Å². The molecule has 0 N–H and O–H groups in total. The largest absolute Gasteiger partial charge is 0.0785 e. The van der Waals surface area contributed by atoms with Crippen molar-refractivity contribution in [3.05, 3.63) is 0 Å². The number of alkyl halides is 1. The number of hydrogen-bond donors (Lipinski definition) is 0. The first-order chi connectivity index (χ1) is 6.19. The van der Waals surface area contributed by atoms with Crippen LogP contribution < -0.4 is 0 Å². The Morgan fingerprint density at radius 2 is 1.54 bits per heavy atom. The fourth-order valence-electron chi connectivity index (χ4n) is 5.49. The van der Waals surface area contributed by atoms with Crippen LogP contribution in [0.25, 0.3) is 0 Å². The summed E-state index contributed by atoms with van der Waals surface area (Å²) in [5.41, 5.74) is 0. The zero-order valence-electron chi connectivity index (χ0n) is 8.17. The Morgan fingerprint density at radius 1 is 1.00 bits per heavy atom. The van der Waals surface area contributed by atoms with E-state index in [-0.39, 0.29) is 0 Å². The van der Waals surface area contributed by atoms with Gasteiger partial charge in [0.15, 0.2) is 0 Å². The van der Waals surface area contributed by atoms with Crippen LogP contribution >= 0.6 is 22.6 Å². The molecule has 0 aromatic rings. The van der Waals surface area contributed by atoms with Crippen molar-refractivity contribution in [3.63, 3.8) is 0 Å². The zero-order valence-corrected chi connectivity index (χ0v) is 10.3. The molecule has 0 radical (unpaired) electrons. The highest BCUT2D eigenvalue weighted by atomic mass is 127. The SMILES string of the molecule is CC1(I)C2CC1C1C3CCC(C3)C12. The maximum Gasteiger partial charge on any atom is 0.0256 e. The molecule has 0 aromatic carbocycles. The van der Waals surface area contributed by atoms with Crippen molar-refractivity contribution in [1.29, 1.82) is 0 Å². The van der Waals surface area contributed by atoms with Crippen LogP contribution in [0.15, 0.2) is 0 Å². The van der Waals surface area contributed by atoms with E-state index < -0.39 is 0 Å². The Bertz CT molecular complexity index is 246. The van der Waals surface area contributed by atoms with Crippen LogP contribution in [0.4, 0.5) is 0 Å². The molecule has 5 fully saturated rings. The predicted molar refractivity (Wildman–Crippen MR) is 61.8 cm³/mol. The first-order valence-electron chi connectivity index (χ1n) is 5.88. The Morgan fingerprint density at radius 3 is 2.00 bits per heavy atom. The highest BCUT2D eigenvalue weighted by Gasteiger charge is 2.71. The van der Waals surface area contributed by atoms with Gasteiger partial charge in [-0.1, -0.05) is 22.6 Å². The van der Waals surface area contributed by atoms with Crippen molar-refractivity contribution in [2.45, 2.75) is 36.0 Å². The van der Waals surface area contributed by atoms with Crippen molar-refractivity contribution in [2.75, 3.05) is 0 Å². The van der Waals surface area contributed by atoms with E-state index in [0.29, 0.717) is 3.42 Å². The second kappa shape index (κ2) is 2.12. The predicted octanol–water partition coefficient (Wildman–Crippen LogP) is 3.49. The molecule has 0 nitrogen and oxygen atoms in total. The van der Waals surface area contributed by atoms with E-state index in [0.717, 1.165) is 11.8 Å². The summed E-state index contributed by atoms with van der Waals surface area (Å²) in [5.74, 6) is 6.95. The van der Waals surface area contributed by atoms with Gasteiger partial charge in [-0.2, -0.15) is 0 Å². The highest BCUT2D eigenvalue weighted by Crippen LogP contribution is 2.75. The summed E-state index contributed by atoms with van der Waals surface area (Å²) in [5, 5.41) is 0. The molecular formula is C12H17I. The van der Waals surface area contributed by atoms with Crippen molar-refractivity contribution in [1.82, 2.24) is 0 Å². The third kappa shape index (κ3) is 0.701. The minimum Gasteiger partial charge on any atom is -0.0785 e. The van der Waals surface area contributed by atoms with Gasteiger partial charge in [0.1, 0.15) is 0 Å². The smallest absolute Gasteiger partial charge is 0.0256 e. The Hall–Kier alpha value is 0.730. The van der Waals surface area contributed by atoms with Crippen molar-refractivity contribution in [3.8, 4) is 0 Å². The van der Waals surface area contributed by atoms with E-state index >= 15 is 0 Å². The summed E-state index contributed by atoms with van der Waals surface area (Å²) in [6.45, 7) is 2.53. The molecule has 0 heterocycles. The van der Waals surface area contributed by atoms with E-state index in [4.69, 9.17) is 0 Å². The molecule has 0 aliphatic heterocycles. The van der Waals surface area contributed by atoms with Crippen molar-refractivity contribution < 1.29 is 0 Å². The molecule has 5 rings (SSSR count). The van der Waals surface area contributed by atoms with Gasteiger partial charge in [-0.3, -0.25) is 0 Å².